The summed E-state index contributed by atoms with van der Waals surface area (Å²) in [7, 11) is 0. The minimum atomic E-state index is -0.640. The quantitative estimate of drug-likeness (QED) is 0.356. The normalized spacial score (nSPS) is 10.4. The Bertz CT molecular complexity index is 986. The molecule has 0 saturated heterocycles. The molecule has 0 atom stereocenters. The van der Waals surface area contributed by atoms with Gasteiger partial charge in [0.2, 0.25) is 0 Å². The highest BCUT2D eigenvalue weighted by molar-refractivity contribution is 5.84. The van der Waals surface area contributed by atoms with Gasteiger partial charge in [0, 0.05) is 18.0 Å². The van der Waals surface area contributed by atoms with Crippen LogP contribution >= 0.6 is 0 Å². The molecule has 0 saturated carbocycles. The van der Waals surface area contributed by atoms with Gasteiger partial charge >= 0.3 is 6.09 Å². The molecule has 1 amide bonds. The van der Waals surface area contributed by atoms with E-state index in [4.69, 9.17) is 16.2 Å². The number of nitro groups is 1. The second-order valence-electron chi connectivity index (χ2n) is 5.57. The first-order valence-electron chi connectivity index (χ1n) is 7.79. The number of amides is 1. The van der Waals surface area contributed by atoms with Crippen LogP contribution in [-0.4, -0.2) is 20.6 Å². The number of nitrogen functional groups attached to an aromatic ring is 2. The third kappa shape index (κ3) is 4.12. The predicted molar refractivity (Wildman–Crippen MR) is 99.3 cm³/mol. The molecular formula is C17H16N6O4. The molecule has 0 spiro atoms. The van der Waals surface area contributed by atoms with Gasteiger partial charge in [-0.15, -0.1) is 0 Å². The Hall–Kier alpha value is -4.08. The minimum Gasteiger partial charge on any atom is -0.443 e. The molecule has 1 heterocycles. The minimum absolute atomic E-state index is 0.107. The number of nitro benzene ring substituents is 1. The standard InChI is InChI=1S/C17H16N6O4/c18-13-6-15(16(23(25)26)7-14(13)19)22-8-12(20-10-22)9-27-17(24)21-11-4-2-1-3-5-11/h1-8,10H,9,18-19H2,(H,21,24). The first-order chi connectivity index (χ1) is 12.9. The fourth-order valence-electron chi connectivity index (χ4n) is 2.35. The average molecular weight is 368 g/mol. The van der Waals surface area contributed by atoms with Crippen molar-refractivity contribution in [2.45, 2.75) is 6.61 Å². The van der Waals surface area contributed by atoms with Crippen molar-refractivity contribution in [1.82, 2.24) is 9.55 Å². The Morgan fingerprint density at radius 1 is 1.22 bits per heavy atom. The number of para-hydroxylation sites is 1. The summed E-state index contributed by atoms with van der Waals surface area (Å²) >= 11 is 0. The summed E-state index contributed by atoms with van der Waals surface area (Å²) in [6.45, 7) is -0.107. The number of carbonyl (C=O) groups is 1. The summed E-state index contributed by atoms with van der Waals surface area (Å²) in [4.78, 5) is 26.6. The van der Waals surface area contributed by atoms with Crippen molar-refractivity contribution in [3.8, 4) is 5.69 Å². The lowest BCUT2D eigenvalue weighted by molar-refractivity contribution is -0.384. The zero-order valence-corrected chi connectivity index (χ0v) is 14.0. The number of carbonyl (C=O) groups excluding carboxylic acids is 1. The number of anilines is 3. The van der Waals surface area contributed by atoms with E-state index in [0.717, 1.165) is 0 Å². The number of aromatic nitrogens is 2. The van der Waals surface area contributed by atoms with Crippen LogP contribution in [0, 0.1) is 10.1 Å². The Morgan fingerprint density at radius 2 is 1.93 bits per heavy atom. The van der Waals surface area contributed by atoms with Gasteiger partial charge in [0.05, 0.1) is 28.3 Å². The van der Waals surface area contributed by atoms with E-state index in [-0.39, 0.29) is 29.4 Å². The molecule has 3 aromatic rings. The molecule has 0 fully saturated rings. The van der Waals surface area contributed by atoms with Gasteiger partial charge in [-0.2, -0.15) is 0 Å². The molecule has 0 aliphatic heterocycles. The lowest BCUT2D eigenvalue weighted by Crippen LogP contribution is -2.13. The molecule has 2 aromatic carbocycles. The second-order valence-corrected chi connectivity index (χ2v) is 5.57. The summed E-state index contributed by atoms with van der Waals surface area (Å²) in [6, 6.07) is 11.4. The number of imidazole rings is 1. The lowest BCUT2D eigenvalue weighted by atomic mass is 10.2. The third-order valence-corrected chi connectivity index (χ3v) is 3.66. The van der Waals surface area contributed by atoms with E-state index < -0.39 is 11.0 Å². The van der Waals surface area contributed by atoms with Crippen LogP contribution in [0.25, 0.3) is 5.69 Å². The Labute approximate surface area is 153 Å². The summed E-state index contributed by atoms with van der Waals surface area (Å²) < 4.78 is 6.52. The summed E-state index contributed by atoms with van der Waals surface area (Å²) in [5, 5.41) is 13.8. The predicted octanol–water partition coefficient (Wildman–Crippen LogP) is 2.69. The van der Waals surface area contributed by atoms with Crippen molar-refractivity contribution in [3.63, 3.8) is 0 Å². The van der Waals surface area contributed by atoms with Crippen LogP contribution in [0.15, 0.2) is 55.0 Å². The summed E-state index contributed by atoms with van der Waals surface area (Å²) in [6.07, 6.45) is 2.23. The van der Waals surface area contributed by atoms with E-state index in [1.165, 1.54) is 29.2 Å². The molecule has 0 bridgehead atoms. The number of benzene rings is 2. The Morgan fingerprint density at radius 3 is 2.63 bits per heavy atom. The summed E-state index contributed by atoms with van der Waals surface area (Å²) in [5.41, 5.74) is 12.7. The van der Waals surface area contributed by atoms with Gasteiger partial charge in [-0.25, -0.2) is 9.78 Å². The molecule has 0 aliphatic carbocycles. The van der Waals surface area contributed by atoms with Crippen LogP contribution in [0.4, 0.5) is 27.5 Å². The van der Waals surface area contributed by atoms with Crippen LogP contribution in [-0.2, 0) is 11.3 Å². The van der Waals surface area contributed by atoms with Gasteiger partial charge in [-0.3, -0.25) is 20.0 Å². The largest absolute Gasteiger partial charge is 0.443 e. The highest BCUT2D eigenvalue weighted by Crippen LogP contribution is 2.30. The van der Waals surface area contributed by atoms with Crippen LogP contribution < -0.4 is 16.8 Å². The number of rotatable bonds is 5. The molecule has 138 valence electrons. The number of hydrogen-bond acceptors (Lipinski definition) is 7. The molecule has 27 heavy (non-hydrogen) atoms. The van der Waals surface area contributed by atoms with Crippen molar-refractivity contribution >= 4 is 28.8 Å². The van der Waals surface area contributed by atoms with Gasteiger partial charge in [0.25, 0.3) is 5.69 Å². The van der Waals surface area contributed by atoms with Crippen molar-refractivity contribution < 1.29 is 14.5 Å². The lowest BCUT2D eigenvalue weighted by Gasteiger charge is -2.07. The van der Waals surface area contributed by atoms with Crippen LogP contribution in [0.3, 0.4) is 0 Å². The zero-order valence-electron chi connectivity index (χ0n) is 14.0. The fraction of sp³-hybridized carbons (Fsp3) is 0.0588. The first-order valence-corrected chi connectivity index (χ1v) is 7.79. The van der Waals surface area contributed by atoms with E-state index in [0.29, 0.717) is 11.4 Å². The van der Waals surface area contributed by atoms with Crippen molar-refractivity contribution in [2.75, 3.05) is 16.8 Å². The van der Waals surface area contributed by atoms with Gasteiger partial charge in [-0.1, -0.05) is 18.2 Å². The summed E-state index contributed by atoms with van der Waals surface area (Å²) in [5.74, 6) is 0. The number of hydrogen-bond donors (Lipinski definition) is 3. The first kappa shape index (κ1) is 17.7. The van der Waals surface area contributed by atoms with E-state index in [1.807, 2.05) is 6.07 Å². The van der Waals surface area contributed by atoms with Crippen molar-refractivity contribution in [3.05, 3.63) is 70.8 Å². The van der Waals surface area contributed by atoms with E-state index in [1.54, 1.807) is 24.3 Å². The molecular weight excluding hydrogens is 352 g/mol. The molecule has 1 aromatic heterocycles. The van der Waals surface area contributed by atoms with Crippen molar-refractivity contribution in [2.24, 2.45) is 0 Å². The molecule has 5 N–H and O–H groups in total. The molecule has 0 aliphatic rings. The van der Waals surface area contributed by atoms with E-state index in [2.05, 4.69) is 10.3 Å². The average Bonchev–Trinajstić information content (AvgIpc) is 3.11. The Kier molecular flexibility index (Phi) is 4.88. The topological polar surface area (TPSA) is 151 Å². The molecule has 10 nitrogen and oxygen atoms in total. The van der Waals surface area contributed by atoms with Gasteiger partial charge in [-0.05, 0) is 18.2 Å². The fourth-order valence-corrected chi connectivity index (χ4v) is 2.35. The smallest absolute Gasteiger partial charge is 0.412 e. The maximum Gasteiger partial charge on any atom is 0.412 e. The number of ether oxygens (including phenoxy) is 1. The van der Waals surface area contributed by atoms with Crippen LogP contribution in [0.2, 0.25) is 0 Å². The van der Waals surface area contributed by atoms with Crippen molar-refractivity contribution in [1.29, 1.82) is 0 Å². The van der Waals surface area contributed by atoms with Crippen LogP contribution in [0.1, 0.15) is 5.69 Å². The zero-order chi connectivity index (χ0) is 19.4. The van der Waals surface area contributed by atoms with E-state index in [9.17, 15) is 14.9 Å². The molecule has 3 rings (SSSR count). The highest BCUT2D eigenvalue weighted by Gasteiger charge is 2.18. The maximum absolute atomic E-state index is 11.8. The molecule has 0 unspecified atom stereocenters. The third-order valence-electron chi connectivity index (χ3n) is 3.66. The van der Waals surface area contributed by atoms with Gasteiger partial charge in [0.1, 0.15) is 12.3 Å². The molecule has 10 heteroatoms. The SMILES string of the molecule is Nc1cc(-n2cnc(COC(=O)Nc3ccccc3)c2)c([N+](=O)[O-])cc1N. The monoisotopic (exact) mass is 368 g/mol. The maximum atomic E-state index is 11.8. The molecule has 0 radical (unpaired) electrons. The number of nitrogens with two attached hydrogens (primary N) is 2. The van der Waals surface area contributed by atoms with Crippen LogP contribution in [0.5, 0.6) is 0 Å². The highest BCUT2D eigenvalue weighted by atomic mass is 16.6. The van der Waals surface area contributed by atoms with Gasteiger partial charge < -0.3 is 16.2 Å². The van der Waals surface area contributed by atoms with E-state index >= 15 is 0 Å². The Balaban J connectivity index is 1.71. The number of nitrogens with zero attached hydrogens (tertiary/aromatic N) is 3. The number of nitrogens with one attached hydrogen (secondary N) is 1. The van der Waals surface area contributed by atoms with Gasteiger partial charge in [0.15, 0.2) is 0 Å². The second kappa shape index (κ2) is 7.44.